The quantitative estimate of drug-likeness (QED) is 0.293. The molecule has 0 aliphatic carbocycles. The van der Waals surface area contributed by atoms with Gasteiger partial charge < -0.3 is 10.1 Å². The zero-order valence-corrected chi connectivity index (χ0v) is 18.1. The molecule has 0 fully saturated rings. The molecule has 0 aliphatic rings. The van der Waals surface area contributed by atoms with Gasteiger partial charge in [-0.1, -0.05) is 12.1 Å². The molecule has 0 spiro atoms. The van der Waals surface area contributed by atoms with Crippen molar-refractivity contribution in [3.05, 3.63) is 67.5 Å². The average Bonchev–Trinajstić information content (AvgIpc) is 3.02. The molecular weight excluding hydrogens is 472 g/mol. The molecule has 1 aromatic heterocycles. The lowest BCUT2D eigenvalue weighted by Gasteiger charge is -2.08. The number of esters is 1. The SMILES string of the molecule is CCn1c(=O)n(CCC(=O)OCC(=O)Nc2ccc([N+](=O)[O-])cc2Br)c2ccccc21. The number of nitrogens with one attached hydrogen (secondary N) is 1. The molecule has 0 saturated heterocycles. The molecule has 1 N–H and O–H groups in total. The molecule has 1 amide bonds. The van der Waals surface area contributed by atoms with Crippen LogP contribution in [0.25, 0.3) is 11.0 Å². The van der Waals surface area contributed by atoms with Crippen LogP contribution in [0.5, 0.6) is 0 Å². The fourth-order valence-corrected chi connectivity index (χ4v) is 3.59. The zero-order chi connectivity index (χ0) is 22.5. The van der Waals surface area contributed by atoms with Gasteiger partial charge in [-0.25, -0.2) is 4.79 Å². The van der Waals surface area contributed by atoms with Crippen molar-refractivity contribution >= 4 is 50.2 Å². The first-order valence-corrected chi connectivity index (χ1v) is 10.2. The summed E-state index contributed by atoms with van der Waals surface area (Å²) in [6, 6.07) is 11.2. The molecule has 0 bridgehead atoms. The molecule has 3 rings (SSSR count). The Bertz CT molecular complexity index is 1220. The maximum Gasteiger partial charge on any atom is 0.329 e. The third-order valence-corrected chi connectivity index (χ3v) is 5.24. The number of hydrogen-bond acceptors (Lipinski definition) is 6. The van der Waals surface area contributed by atoms with Crippen LogP contribution in [-0.4, -0.2) is 32.5 Å². The number of benzene rings is 2. The fraction of sp³-hybridized carbons (Fsp3) is 0.250. The van der Waals surface area contributed by atoms with E-state index < -0.39 is 23.4 Å². The van der Waals surface area contributed by atoms with Crippen LogP contribution in [-0.2, 0) is 27.4 Å². The molecule has 0 atom stereocenters. The van der Waals surface area contributed by atoms with Crippen molar-refractivity contribution in [2.24, 2.45) is 0 Å². The second-order valence-electron chi connectivity index (χ2n) is 6.55. The van der Waals surface area contributed by atoms with Gasteiger partial charge in [-0.3, -0.25) is 28.8 Å². The second kappa shape index (κ2) is 9.56. The third kappa shape index (κ3) is 5.00. The molecule has 10 nitrogen and oxygen atoms in total. The van der Waals surface area contributed by atoms with Gasteiger partial charge >= 0.3 is 11.7 Å². The van der Waals surface area contributed by atoms with Gasteiger partial charge in [-0.05, 0) is 41.1 Å². The standard InChI is InChI=1S/C20H19BrN4O6/c1-2-23-16-5-3-4-6-17(16)24(20(23)28)10-9-19(27)31-12-18(26)22-15-8-7-13(25(29)30)11-14(15)21/h3-8,11H,2,9-10,12H2,1H3,(H,22,26). The van der Waals surface area contributed by atoms with Crippen molar-refractivity contribution in [3.63, 3.8) is 0 Å². The van der Waals surface area contributed by atoms with E-state index in [4.69, 9.17) is 4.74 Å². The number of imidazole rings is 1. The van der Waals surface area contributed by atoms with Gasteiger partial charge in [0.15, 0.2) is 6.61 Å². The maximum absolute atomic E-state index is 12.6. The number of nitro groups is 1. The Kier molecular flexibility index (Phi) is 6.85. The van der Waals surface area contributed by atoms with E-state index >= 15 is 0 Å². The fourth-order valence-electron chi connectivity index (χ4n) is 3.12. The van der Waals surface area contributed by atoms with Gasteiger partial charge in [0.1, 0.15) is 0 Å². The third-order valence-electron chi connectivity index (χ3n) is 4.58. The Morgan fingerprint density at radius 2 is 1.84 bits per heavy atom. The van der Waals surface area contributed by atoms with Crippen LogP contribution in [0.15, 0.2) is 51.7 Å². The number of carbonyl (C=O) groups excluding carboxylic acids is 2. The van der Waals surface area contributed by atoms with E-state index in [0.717, 1.165) is 11.0 Å². The summed E-state index contributed by atoms with van der Waals surface area (Å²) in [5.41, 5.74) is 1.48. The summed E-state index contributed by atoms with van der Waals surface area (Å²) in [5, 5.41) is 13.3. The number of amides is 1. The predicted molar refractivity (Wildman–Crippen MR) is 117 cm³/mol. The van der Waals surface area contributed by atoms with E-state index in [1.807, 2.05) is 31.2 Å². The number of nitro benzene ring substituents is 1. The van der Waals surface area contributed by atoms with Gasteiger partial charge in [-0.2, -0.15) is 0 Å². The minimum absolute atomic E-state index is 0.0772. The molecule has 31 heavy (non-hydrogen) atoms. The molecule has 0 aliphatic heterocycles. The highest BCUT2D eigenvalue weighted by molar-refractivity contribution is 9.10. The second-order valence-corrected chi connectivity index (χ2v) is 7.40. The monoisotopic (exact) mass is 490 g/mol. The van der Waals surface area contributed by atoms with Gasteiger partial charge in [0.05, 0.1) is 28.1 Å². The van der Waals surface area contributed by atoms with Crippen LogP contribution in [0.3, 0.4) is 0 Å². The number of fused-ring (bicyclic) bond motifs is 1. The van der Waals surface area contributed by atoms with Gasteiger partial charge in [0, 0.05) is 29.7 Å². The normalized spacial score (nSPS) is 10.8. The first-order chi connectivity index (χ1) is 14.8. The van der Waals surface area contributed by atoms with Crippen LogP contribution < -0.4 is 11.0 Å². The summed E-state index contributed by atoms with van der Waals surface area (Å²) < 4.78 is 8.44. The Labute approximate surface area is 184 Å². The lowest BCUT2D eigenvalue weighted by Crippen LogP contribution is -2.26. The number of aromatic nitrogens is 2. The number of carbonyl (C=O) groups is 2. The Balaban J connectivity index is 1.56. The van der Waals surface area contributed by atoms with Crippen molar-refractivity contribution in [1.82, 2.24) is 9.13 Å². The largest absolute Gasteiger partial charge is 0.456 e. The number of halogens is 1. The summed E-state index contributed by atoms with van der Waals surface area (Å²) in [6.45, 7) is 1.98. The van der Waals surface area contributed by atoms with E-state index in [0.29, 0.717) is 16.7 Å². The zero-order valence-electron chi connectivity index (χ0n) is 16.5. The first kappa shape index (κ1) is 22.2. The molecular formula is C20H19BrN4O6. The molecule has 1 heterocycles. The van der Waals surface area contributed by atoms with Crippen LogP contribution in [0, 0.1) is 10.1 Å². The van der Waals surface area contributed by atoms with E-state index in [1.54, 1.807) is 4.57 Å². The number of nitrogens with zero attached hydrogens (tertiary/aromatic N) is 3. The van der Waals surface area contributed by atoms with Gasteiger partial charge in [0.2, 0.25) is 0 Å². The van der Waals surface area contributed by atoms with E-state index in [9.17, 15) is 24.5 Å². The summed E-state index contributed by atoms with van der Waals surface area (Å²) in [6.07, 6.45) is -0.0772. The number of rotatable bonds is 8. The lowest BCUT2D eigenvalue weighted by atomic mass is 10.3. The van der Waals surface area contributed by atoms with E-state index in [-0.39, 0.29) is 24.3 Å². The van der Waals surface area contributed by atoms with Gasteiger partial charge in [-0.15, -0.1) is 0 Å². The first-order valence-electron chi connectivity index (χ1n) is 9.39. The molecule has 3 aromatic rings. The van der Waals surface area contributed by atoms with E-state index in [1.165, 1.54) is 22.8 Å². The Morgan fingerprint density at radius 1 is 1.16 bits per heavy atom. The predicted octanol–water partition coefficient (Wildman–Crippen LogP) is 3.07. The molecule has 0 radical (unpaired) electrons. The summed E-state index contributed by atoms with van der Waals surface area (Å²) >= 11 is 3.15. The number of non-ortho nitro benzene ring substituents is 1. The van der Waals surface area contributed by atoms with Crippen molar-refractivity contribution in [1.29, 1.82) is 0 Å². The van der Waals surface area contributed by atoms with Crippen molar-refractivity contribution < 1.29 is 19.2 Å². The van der Waals surface area contributed by atoms with Crippen molar-refractivity contribution in [2.75, 3.05) is 11.9 Å². The van der Waals surface area contributed by atoms with Crippen molar-refractivity contribution in [3.8, 4) is 0 Å². The molecule has 162 valence electrons. The molecule has 11 heteroatoms. The number of aryl methyl sites for hydroxylation is 2. The molecule has 0 saturated carbocycles. The topological polar surface area (TPSA) is 125 Å². The Morgan fingerprint density at radius 3 is 2.45 bits per heavy atom. The van der Waals surface area contributed by atoms with Crippen LogP contribution in [0.1, 0.15) is 13.3 Å². The van der Waals surface area contributed by atoms with Crippen LogP contribution >= 0.6 is 15.9 Å². The summed E-state index contributed by atoms with van der Waals surface area (Å²) in [5.74, 6) is -1.22. The minimum atomic E-state index is -0.627. The van der Waals surface area contributed by atoms with Crippen molar-refractivity contribution in [2.45, 2.75) is 26.4 Å². The Hall–Kier alpha value is -3.47. The van der Waals surface area contributed by atoms with E-state index in [2.05, 4.69) is 21.2 Å². The smallest absolute Gasteiger partial charge is 0.329 e. The summed E-state index contributed by atoms with van der Waals surface area (Å²) in [4.78, 5) is 46.9. The number of hydrogen-bond donors (Lipinski definition) is 1. The number of para-hydroxylation sites is 2. The number of ether oxygens (including phenoxy) is 1. The number of anilines is 1. The molecule has 2 aromatic carbocycles. The average molecular weight is 491 g/mol. The van der Waals surface area contributed by atoms with Crippen LogP contribution in [0.2, 0.25) is 0 Å². The summed E-state index contributed by atoms with van der Waals surface area (Å²) in [7, 11) is 0. The highest BCUT2D eigenvalue weighted by Gasteiger charge is 2.15. The minimum Gasteiger partial charge on any atom is -0.456 e. The highest BCUT2D eigenvalue weighted by Crippen LogP contribution is 2.27. The maximum atomic E-state index is 12.6. The van der Waals surface area contributed by atoms with Gasteiger partial charge in [0.25, 0.3) is 11.6 Å². The highest BCUT2D eigenvalue weighted by atomic mass is 79.9. The van der Waals surface area contributed by atoms with Crippen LogP contribution in [0.4, 0.5) is 11.4 Å². The lowest BCUT2D eigenvalue weighted by molar-refractivity contribution is -0.384. The molecule has 0 unspecified atom stereocenters.